The highest BCUT2D eigenvalue weighted by molar-refractivity contribution is 5.97. The number of rotatable bonds is 2. The Balaban J connectivity index is 2.31. The summed E-state index contributed by atoms with van der Waals surface area (Å²) in [5.41, 5.74) is 3.00. The van der Waals surface area contributed by atoms with E-state index in [0.29, 0.717) is 0 Å². The van der Waals surface area contributed by atoms with E-state index in [9.17, 15) is 4.79 Å². The molecule has 0 fully saturated rings. The van der Waals surface area contributed by atoms with Crippen LogP contribution < -0.4 is 5.32 Å². The highest BCUT2D eigenvalue weighted by atomic mass is 16.1. The number of carbonyl (C=O) groups is 1. The van der Waals surface area contributed by atoms with Gasteiger partial charge in [0.1, 0.15) is 11.9 Å². The predicted molar refractivity (Wildman–Crippen MR) is 64.2 cm³/mol. The summed E-state index contributed by atoms with van der Waals surface area (Å²) in [6.07, 6.45) is 6.26. The van der Waals surface area contributed by atoms with Gasteiger partial charge in [-0.3, -0.25) is 4.79 Å². The SMILES string of the molecule is CC1=CC2NC(C)=C(C(=O)C(C)C)N2C=C1. The number of allylic oxidation sites excluding steroid dienone is 4. The average Bonchev–Trinajstić information content (AvgIpc) is 2.51. The van der Waals surface area contributed by atoms with Crippen molar-refractivity contribution in [3.63, 3.8) is 0 Å². The molecule has 3 heteroatoms. The lowest BCUT2D eigenvalue weighted by Crippen LogP contribution is -2.35. The number of ketones is 1. The number of hydrogen-bond acceptors (Lipinski definition) is 3. The summed E-state index contributed by atoms with van der Waals surface area (Å²) >= 11 is 0. The van der Waals surface area contributed by atoms with Crippen LogP contribution in [0.5, 0.6) is 0 Å². The minimum Gasteiger partial charge on any atom is -0.363 e. The van der Waals surface area contributed by atoms with Gasteiger partial charge in [0.15, 0.2) is 5.78 Å². The summed E-state index contributed by atoms with van der Waals surface area (Å²) in [7, 11) is 0. The topological polar surface area (TPSA) is 32.3 Å². The van der Waals surface area contributed by atoms with Crippen molar-refractivity contribution in [3.05, 3.63) is 35.3 Å². The van der Waals surface area contributed by atoms with Crippen molar-refractivity contribution in [2.75, 3.05) is 0 Å². The van der Waals surface area contributed by atoms with E-state index < -0.39 is 0 Å². The maximum absolute atomic E-state index is 12.1. The molecule has 0 aliphatic carbocycles. The van der Waals surface area contributed by atoms with Crippen LogP contribution in [0, 0.1) is 5.92 Å². The first-order valence-corrected chi connectivity index (χ1v) is 5.67. The van der Waals surface area contributed by atoms with Crippen LogP contribution in [0.25, 0.3) is 0 Å². The summed E-state index contributed by atoms with van der Waals surface area (Å²) in [5.74, 6) is 0.232. The number of Topliss-reactive ketones (excluding diaryl/α,β-unsaturated/α-hetero) is 1. The number of hydrogen-bond donors (Lipinski definition) is 1. The fourth-order valence-corrected chi connectivity index (χ4v) is 2.07. The highest BCUT2D eigenvalue weighted by Crippen LogP contribution is 2.27. The molecule has 0 saturated heterocycles. The largest absolute Gasteiger partial charge is 0.363 e. The van der Waals surface area contributed by atoms with Gasteiger partial charge in [-0.2, -0.15) is 0 Å². The van der Waals surface area contributed by atoms with Crippen LogP contribution in [0.2, 0.25) is 0 Å². The van der Waals surface area contributed by atoms with Crippen LogP contribution in [-0.4, -0.2) is 16.8 Å². The third-order valence-corrected chi connectivity index (χ3v) is 2.95. The standard InChI is InChI=1S/C13H18N2O/c1-8(2)13(16)12-10(4)14-11-7-9(3)5-6-15(11)12/h5-8,11,14H,1-4H3. The molecule has 0 radical (unpaired) electrons. The lowest BCUT2D eigenvalue weighted by atomic mass is 10.0. The smallest absolute Gasteiger partial charge is 0.183 e. The maximum Gasteiger partial charge on any atom is 0.183 e. The van der Waals surface area contributed by atoms with E-state index in [1.54, 1.807) is 0 Å². The molecule has 0 bridgehead atoms. The Bertz CT molecular complexity index is 416. The molecule has 2 aliphatic rings. The zero-order valence-corrected chi connectivity index (χ0v) is 10.2. The van der Waals surface area contributed by atoms with E-state index in [1.165, 1.54) is 5.57 Å². The van der Waals surface area contributed by atoms with E-state index >= 15 is 0 Å². The van der Waals surface area contributed by atoms with Gasteiger partial charge in [0, 0.05) is 17.8 Å². The molecule has 1 unspecified atom stereocenters. The molecule has 16 heavy (non-hydrogen) atoms. The second kappa shape index (κ2) is 3.81. The third-order valence-electron chi connectivity index (χ3n) is 2.95. The second-order valence-corrected chi connectivity index (χ2v) is 4.72. The van der Waals surface area contributed by atoms with Gasteiger partial charge in [-0.15, -0.1) is 0 Å². The first-order chi connectivity index (χ1) is 7.50. The molecule has 0 spiro atoms. The number of carbonyl (C=O) groups excluding carboxylic acids is 1. The van der Waals surface area contributed by atoms with Gasteiger partial charge < -0.3 is 10.2 Å². The Morgan fingerprint density at radius 2 is 2.12 bits per heavy atom. The number of fused-ring (bicyclic) bond motifs is 1. The Labute approximate surface area is 96.5 Å². The highest BCUT2D eigenvalue weighted by Gasteiger charge is 2.32. The van der Waals surface area contributed by atoms with Crippen molar-refractivity contribution in [1.82, 2.24) is 10.2 Å². The van der Waals surface area contributed by atoms with Crippen LogP contribution in [0.15, 0.2) is 35.3 Å². The Morgan fingerprint density at radius 3 is 2.75 bits per heavy atom. The molecule has 1 atom stereocenters. The lowest BCUT2D eigenvalue weighted by molar-refractivity contribution is -0.119. The molecular weight excluding hydrogens is 200 g/mol. The fraction of sp³-hybridized carbons (Fsp3) is 0.462. The van der Waals surface area contributed by atoms with Crippen molar-refractivity contribution in [3.8, 4) is 0 Å². The van der Waals surface area contributed by atoms with Gasteiger partial charge in [-0.05, 0) is 31.6 Å². The fourth-order valence-electron chi connectivity index (χ4n) is 2.07. The van der Waals surface area contributed by atoms with Crippen molar-refractivity contribution in [2.45, 2.75) is 33.9 Å². The van der Waals surface area contributed by atoms with Gasteiger partial charge in [0.25, 0.3) is 0 Å². The summed E-state index contributed by atoms with van der Waals surface area (Å²) in [6.45, 7) is 7.90. The average molecular weight is 218 g/mol. The zero-order chi connectivity index (χ0) is 11.9. The van der Waals surface area contributed by atoms with E-state index in [4.69, 9.17) is 0 Å². The van der Waals surface area contributed by atoms with Crippen LogP contribution in [0.3, 0.4) is 0 Å². The molecule has 3 nitrogen and oxygen atoms in total. The summed E-state index contributed by atoms with van der Waals surface area (Å²) in [6, 6.07) is 0. The first-order valence-electron chi connectivity index (χ1n) is 5.67. The first kappa shape index (κ1) is 11.0. The van der Waals surface area contributed by atoms with Gasteiger partial charge in [0.05, 0.1) is 0 Å². The van der Waals surface area contributed by atoms with Crippen molar-refractivity contribution in [2.24, 2.45) is 5.92 Å². The number of nitrogens with one attached hydrogen (secondary N) is 1. The molecule has 0 aromatic heterocycles. The van der Waals surface area contributed by atoms with E-state index in [-0.39, 0.29) is 17.9 Å². The Kier molecular flexibility index (Phi) is 2.62. The van der Waals surface area contributed by atoms with Crippen molar-refractivity contribution < 1.29 is 4.79 Å². The molecule has 0 saturated carbocycles. The van der Waals surface area contributed by atoms with E-state index in [2.05, 4.69) is 18.3 Å². The predicted octanol–water partition coefficient (Wildman–Crippen LogP) is 2.15. The molecule has 0 aromatic carbocycles. The van der Waals surface area contributed by atoms with Gasteiger partial charge >= 0.3 is 0 Å². The summed E-state index contributed by atoms with van der Waals surface area (Å²) < 4.78 is 0. The van der Waals surface area contributed by atoms with Gasteiger partial charge in [0.2, 0.25) is 0 Å². The molecule has 2 heterocycles. The quantitative estimate of drug-likeness (QED) is 0.770. The second-order valence-electron chi connectivity index (χ2n) is 4.72. The molecule has 0 amide bonds. The van der Waals surface area contributed by atoms with E-state index in [0.717, 1.165) is 11.4 Å². The molecule has 2 aliphatic heterocycles. The monoisotopic (exact) mass is 218 g/mol. The minimum atomic E-state index is 0.0332. The maximum atomic E-state index is 12.1. The van der Waals surface area contributed by atoms with Crippen LogP contribution >= 0.6 is 0 Å². The molecular formula is C13H18N2O. The van der Waals surface area contributed by atoms with Crippen molar-refractivity contribution in [1.29, 1.82) is 0 Å². The molecule has 1 N–H and O–H groups in total. The third kappa shape index (κ3) is 1.66. The summed E-state index contributed by atoms with van der Waals surface area (Å²) in [4.78, 5) is 14.1. The van der Waals surface area contributed by atoms with Gasteiger partial charge in [-0.25, -0.2) is 0 Å². The molecule has 2 rings (SSSR count). The van der Waals surface area contributed by atoms with Crippen LogP contribution in [0.4, 0.5) is 0 Å². The Hall–Kier alpha value is -1.51. The zero-order valence-electron chi connectivity index (χ0n) is 10.2. The van der Waals surface area contributed by atoms with E-state index in [1.807, 2.05) is 37.9 Å². The minimum absolute atomic E-state index is 0.0332. The normalized spacial score (nSPS) is 23.4. The lowest BCUT2D eigenvalue weighted by Gasteiger charge is -2.26. The molecule has 86 valence electrons. The van der Waals surface area contributed by atoms with Crippen molar-refractivity contribution >= 4 is 5.78 Å². The Morgan fingerprint density at radius 1 is 1.44 bits per heavy atom. The summed E-state index contributed by atoms with van der Waals surface area (Å²) in [5, 5.41) is 3.33. The van der Waals surface area contributed by atoms with Gasteiger partial charge in [-0.1, -0.05) is 13.8 Å². The molecule has 0 aromatic rings. The van der Waals surface area contributed by atoms with Crippen LogP contribution in [0.1, 0.15) is 27.7 Å². The number of nitrogens with zero attached hydrogens (tertiary/aromatic N) is 1. The van der Waals surface area contributed by atoms with Crippen LogP contribution in [-0.2, 0) is 4.79 Å².